The molecule has 0 spiro atoms. The van der Waals surface area contributed by atoms with E-state index >= 15 is 0 Å². The van der Waals surface area contributed by atoms with Crippen LogP contribution in [0.25, 0.3) is 0 Å². The average Bonchev–Trinajstić information content (AvgIpc) is 2.07. The van der Waals surface area contributed by atoms with E-state index in [9.17, 15) is 0 Å². The second kappa shape index (κ2) is 2.24. The van der Waals surface area contributed by atoms with E-state index in [-0.39, 0.29) is 0 Å². The van der Waals surface area contributed by atoms with Gasteiger partial charge in [-0.25, -0.2) is 0 Å². The summed E-state index contributed by atoms with van der Waals surface area (Å²) in [5.41, 5.74) is 0. The van der Waals surface area contributed by atoms with Crippen LogP contribution < -0.4 is 0 Å². The van der Waals surface area contributed by atoms with E-state index in [4.69, 9.17) is 0 Å². The van der Waals surface area contributed by atoms with Crippen LogP contribution in [0.3, 0.4) is 0 Å². The second-order valence-electron chi connectivity index (χ2n) is 4.44. The summed E-state index contributed by atoms with van der Waals surface area (Å²) < 4.78 is 2.64. The van der Waals surface area contributed by atoms with Crippen molar-refractivity contribution < 1.29 is 8.88 Å². The number of hydrogen-bond donors (Lipinski definition) is 0. The van der Waals surface area contributed by atoms with Crippen LogP contribution in [-0.4, -0.2) is 62.6 Å². The highest BCUT2D eigenvalue weighted by molar-refractivity contribution is 6.24. The first-order valence-corrected chi connectivity index (χ1v) is 4.68. The van der Waals surface area contributed by atoms with E-state index in [2.05, 4.69) is 21.3 Å². The van der Waals surface area contributed by atoms with Gasteiger partial charge in [-0.1, -0.05) is 0 Å². The summed E-state index contributed by atoms with van der Waals surface area (Å²) in [4.78, 5) is 0. The van der Waals surface area contributed by atoms with Gasteiger partial charge in [-0.3, -0.25) is 0 Å². The molecule has 11 heavy (non-hydrogen) atoms. The zero-order valence-corrected chi connectivity index (χ0v) is 7.71. The molecule has 3 heterocycles. The first kappa shape index (κ1) is 7.62. The summed E-state index contributed by atoms with van der Waals surface area (Å²) in [6.45, 7) is 10.5. The number of hydrogen-bond acceptors (Lipinski definition) is 0. The number of rotatable bonds is 1. The molecule has 0 N–H and O–H groups in total. The van der Waals surface area contributed by atoms with Crippen LogP contribution >= 0.6 is 0 Å². The Morgan fingerprint density at radius 3 is 1.73 bits per heavy atom. The van der Waals surface area contributed by atoms with Gasteiger partial charge in [-0.2, -0.15) is 6.82 Å². The molecule has 2 bridgehead atoms. The molecule has 0 aliphatic carbocycles. The monoisotopic (exact) mass is 153 g/mol. The third kappa shape index (κ3) is 1.11. The Bertz CT molecular complexity index is 145. The summed E-state index contributed by atoms with van der Waals surface area (Å²) in [6.07, 6.45) is 0. The minimum Gasteiger partial charge on any atom is -0.546 e. The van der Waals surface area contributed by atoms with Gasteiger partial charge in [0.1, 0.15) is 19.6 Å². The fraction of sp³-hybridized carbons (Fsp3) is 1.00. The highest BCUT2D eigenvalue weighted by Gasteiger charge is 2.39. The molecule has 62 valence electrons. The van der Waals surface area contributed by atoms with Crippen LogP contribution in [0.4, 0.5) is 0 Å². The fourth-order valence-electron chi connectivity index (χ4n) is 2.38. The van der Waals surface area contributed by atoms with Gasteiger partial charge in [-0.05, 0) is 7.41 Å². The van der Waals surface area contributed by atoms with Crippen molar-refractivity contribution in [3.05, 3.63) is 0 Å². The lowest BCUT2D eigenvalue weighted by Crippen LogP contribution is -2.74. The standard InChI is InChI=1S/C8H18BN2/c1-9-11-6-3-10(2,4-7-11)5-8-11/h3-8H2,1-2H3/q+1. The predicted octanol–water partition coefficient (Wildman–Crippen LogP) is -0.0557. The Balaban J connectivity index is 2.12. The molecule has 3 saturated heterocycles. The lowest BCUT2D eigenvalue weighted by molar-refractivity contribution is -1.03. The van der Waals surface area contributed by atoms with Crippen LogP contribution in [0.15, 0.2) is 0 Å². The molecular formula is C8H18BN2+. The first-order chi connectivity index (χ1) is 5.18. The van der Waals surface area contributed by atoms with Crippen molar-refractivity contribution in [3.63, 3.8) is 0 Å². The molecule has 3 heteroatoms. The van der Waals surface area contributed by atoms with Gasteiger partial charge in [-0.15, -0.1) is 0 Å². The van der Waals surface area contributed by atoms with Crippen molar-refractivity contribution in [3.8, 4) is 0 Å². The summed E-state index contributed by atoms with van der Waals surface area (Å²) in [6, 6.07) is 0. The zero-order valence-electron chi connectivity index (χ0n) is 7.71. The lowest BCUT2D eigenvalue weighted by atomic mass is 9.86. The average molecular weight is 153 g/mol. The Morgan fingerprint density at radius 1 is 0.909 bits per heavy atom. The normalized spacial score (nSPS) is 49.6. The number of nitrogens with zero attached hydrogens (tertiary/aromatic N) is 2. The summed E-state index contributed by atoms with van der Waals surface area (Å²) in [7, 11) is 4.81. The van der Waals surface area contributed by atoms with Crippen molar-refractivity contribution in [2.24, 2.45) is 0 Å². The van der Waals surface area contributed by atoms with E-state index in [1.807, 2.05) is 0 Å². The first-order valence-electron chi connectivity index (χ1n) is 4.68. The molecule has 3 fully saturated rings. The molecule has 0 aromatic heterocycles. The molecule has 3 aliphatic rings. The third-order valence-corrected chi connectivity index (χ3v) is 3.80. The second-order valence-corrected chi connectivity index (χ2v) is 4.44. The number of likely N-dealkylation sites (N-methyl/N-ethyl adjacent to an activating group) is 1. The quantitative estimate of drug-likeness (QED) is 0.366. The number of piperazine rings is 3. The molecule has 0 atom stereocenters. The molecule has 0 amide bonds. The van der Waals surface area contributed by atoms with Crippen LogP contribution in [-0.2, 0) is 0 Å². The minimum absolute atomic E-state index is 1.30. The Morgan fingerprint density at radius 2 is 1.36 bits per heavy atom. The largest absolute Gasteiger partial charge is 0.546 e. The predicted molar refractivity (Wildman–Crippen MR) is 47.3 cm³/mol. The molecule has 0 aromatic rings. The zero-order chi connectivity index (χ0) is 7.95. The highest BCUT2D eigenvalue weighted by atomic mass is 15.5. The Labute approximate surface area is 70.2 Å². The van der Waals surface area contributed by atoms with Gasteiger partial charge in [0.05, 0.1) is 26.7 Å². The molecule has 3 aliphatic heterocycles. The molecule has 0 saturated carbocycles. The van der Waals surface area contributed by atoms with Crippen molar-refractivity contribution in [2.75, 3.05) is 46.3 Å². The van der Waals surface area contributed by atoms with E-state index in [1.165, 1.54) is 48.1 Å². The summed E-state index contributed by atoms with van der Waals surface area (Å²) >= 11 is 0. The molecule has 3 rings (SSSR count). The highest BCUT2D eigenvalue weighted by Crippen LogP contribution is 2.22. The van der Waals surface area contributed by atoms with Gasteiger partial charge in [0.2, 0.25) is 0 Å². The summed E-state index contributed by atoms with van der Waals surface area (Å²) in [5, 5.41) is 0. The molecule has 0 unspecified atom stereocenters. The topological polar surface area (TPSA) is 0 Å². The van der Waals surface area contributed by atoms with Crippen molar-refractivity contribution >= 4 is 7.41 Å². The maximum absolute atomic E-state index is 2.41. The van der Waals surface area contributed by atoms with Gasteiger partial charge in [0.15, 0.2) is 0 Å². The van der Waals surface area contributed by atoms with E-state index in [0.717, 1.165) is 0 Å². The van der Waals surface area contributed by atoms with E-state index < -0.39 is 0 Å². The van der Waals surface area contributed by atoms with E-state index in [0.29, 0.717) is 0 Å². The van der Waals surface area contributed by atoms with Gasteiger partial charge < -0.3 is 8.88 Å². The molecule has 2 nitrogen and oxygen atoms in total. The minimum atomic E-state index is 1.30. The van der Waals surface area contributed by atoms with Crippen molar-refractivity contribution in [1.82, 2.24) is 0 Å². The number of quaternary nitrogens is 2. The van der Waals surface area contributed by atoms with Gasteiger partial charge in [0.25, 0.3) is 0 Å². The van der Waals surface area contributed by atoms with Crippen molar-refractivity contribution in [2.45, 2.75) is 6.82 Å². The van der Waals surface area contributed by atoms with Gasteiger partial charge in [0, 0.05) is 0 Å². The number of fused-ring (bicyclic) bond motifs is 3. The van der Waals surface area contributed by atoms with E-state index in [1.54, 1.807) is 0 Å². The third-order valence-electron chi connectivity index (χ3n) is 3.80. The van der Waals surface area contributed by atoms with Gasteiger partial charge >= 0.3 is 0 Å². The maximum Gasteiger partial charge on any atom is 0.124 e. The van der Waals surface area contributed by atoms with Crippen LogP contribution in [0.1, 0.15) is 0 Å². The van der Waals surface area contributed by atoms with Crippen LogP contribution in [0.2, 0.25) is 6.82 Å². The van der Waals surface area contributed by atoms with Crippen LogP contribution in [0, 0.1) is 0 Å². The lowest BCUT2D eigenvalue weighted by Gasteiger charge is -2.62. The summed E-state index contributed by atoms with van der Waals surface area (Å²) in [5.74, 6) is 0. The smallest absolute Gasteiger partial charge is 0.124 e. The SMILES string of the molecule is C[B-][N+]12CC[N+](C)(CC1)CC2. The van der Waals surface area contributed by atoms with Crippen molar-refractivity contribution in [1.29, 1.82) is 0 Å². The maximum atomic E-state index is 2.41. The molecule has 2 radical (unpaired) electrons. The fourth-order valence-corrected chi connectivity index (χ4v) is 2.38. The Kier molecular flexibility index (Phi) is 1.55. The van der Waals surface area contributed by atoms with Crippen LogP contribution in [0.5, 0.6) is 0 Å². The Hall–Kier alpha value is -0.0151. The molecular weight excluding hydrogens is 135 g/mol. The molecule has 0 aromatic carbocycles.